The molecule has 1 aliphatic heterocycles. The van der Waals surface area contributed by atoms with E-state index < -0.39 is 5.60 Å². The predicted molar refractivity (Wildman–Crippen MR) is 51.5 cm³/mol. The first-order valence-corrected chi connectivity index (χ1v) is 5.11. The van der Waals surface area contributed by atoms with E-state index in [1.54, 1.807) is 0 Å². The number of carbonyl (C=O) groups is 1. The van der Waals surface area contributed by atoms with Crippen molar-refractivity contribution in [3.05, 3.63) is 11.7 Å². The Hall–Kier alpha value is -1.23. The number of ether oxygens (including phenoxy) is 1. The van der Waals surface area contributed by atoms with Crippen molar-refractivity contribution in [3.63, 3.8) is 0 Å². The Labute approximate surface area is 87.8 Å². The molecule has 15 heavy (non-hydrogen) atoms. The predicted octanol–water partition coefficient (Wildman–Crippen LogP) is 1.69. The molecule has 82 valence electrons. The number of rotatable bonds is 2. The van der Waals surface area contributed by atoms with Crippen LogP contribution in [0.5, 0.6) is 0 Å². The van der Waals surface area contributed by atoms with Crippen LogP contribution < -0.4 is 0 Å². The number of Topliss-reactive ketones (excluding diaryl/α,β-unsaturated/α-hetero) is 1. The summed E-state index contributed by atoms with van der Waals surface area (Å²) in [6, 6.07) is 0. The van der Waals surface area contributed by atoms with Crippen LogP contribution in [0.3, 0.4) is 0 Å². The van der Waals surface area contributed by atoms with Crippen LogP contribution in [0.25, 0.3) is 0 Å². The van der Waals surface area contributed by atoms with Gasteiger partial charge in [0, 0.05) is 13.5 Å². The van der Waals surface area contributed by atoms with Crippen molar-refractivity contribution in [2.24, 2.45) is 0 Å². The largest absolute Gasteiger partial charge is 0.367 e. The van der Waals surface area contributed by atoms with E-state index in [-0.39, 0.29) is 11.7 Å². The van der Waals surface area contributed by atoms with E-state index in [4.69, 9.17) is 9.26 Å². The van der Waals surface area contributed by atoms with Crippen molar-refractivity contribution in [2.45, 2.75) is 38.7 Å². The van der Waals surface area contributed by atoms with E-state index in [0.717, 1.165) is 19.3 Å². The van der Waals surface area contributed by atoms with Gasteiger partial charge in [-0.2, -0.15) is 4.98 Å². The molecule has 1 atom stereocenters. The molecule has 1 unspecified atom stereocenters. The topological polar surface area (TPSA) is 65.2 Å². The van der Waals surface area contributed by atoms with E-state index in [2.05, 4.69) is 10.1 Å². The Morgan fingerprint density at radius 1 is 1.47 bits per heavy atom. The van der Waals surface area contributed by atoms with Crippen LogP contribution in [-0.4, -0.2) is 22.5 Å². The first-order chi connectivity index (χ1) is 7.12. The van der Waals surface area contributed by atoms with Gasteiger partial charge in [0.15, 0.2) is 0 Å². The van der Waals surface area contributed by atoms with E-state index in [1.165, 1.54) is 6.92 Å². The summed E-state index contributed by atoms with van der Waals surface area (Å²) in [7, 11) is 0. The van der Waals surface area contributed by atoms with Gasteiger partial charge in [-0.3, -0.25) is 4.79 Å². The zero-order valence-corrected chi connectivity index (χ0v) is 8.95. The van der Waals surface area contributed by atoms with Gasteiger partial charge in [0.05, 0.1) is 0 Å². The molecular weight excluding hydrogens is 196 g/mol. The third-order valence-electron chi connectivity index (χ3n) is 2.67. The molecule has 2 heterocycles. The minimum atomic E-state index is -0.491. The molecule has 0 N–H and O–H groups in total. The molecule has 5 heteroatoms. The highest BCUT2D eigenvalue weighted by atomic mass is 16.5. The summed E-state index contributed by atoms with van der Waals surface area (Å²) in [4.78, 5) is 15.1. The molecule has 5 nitrogen and oxygen atoms in total. The van der Waals surface area contributed by atoms with Gasteiger partial charge in [-0.25, -0.2) is 0 Å². The molecule has 2 rings (SSSR count). The van der Waals surface area contributed by atoms with E-state index in [1.807, 2.05) is 6.92 Å². The maximum Gasteiger partial charge on any atom is 0.293 e. The number of carbonyl (C=O) groups excluding carboxylic acids is 1. The Balaban J connectivity index is 2.23. The minimum absolute atomic E-state index is 0.0559. The van der Waals surface area contributed by atoms with Crippen molar-refractivity contribution in [1.82, 2.24) is 10.1 Å². The summed E-state index contributed by atoms with van der Waals surface area (Å²) >= 11 is 0. The molecule has 0 saturated carbocycles. The molecule has 0 bridgehead atoms. The maximum absolute atomic E-state index is 11.0. The lowest BCUT2D eigenvalue weighted by Gasteiger charge is -2.30. The zero-order valence-electron chi connectivity index (χ0n) is 8.95. The Kier molecular flexibility index (Phi) is 2.56. The van der Waals surface area contributed by atoms with Crippen molar-refractivity contribution in [1.29, 1.82) is 0 Å². The standard InChI is InChI=1S/C10H14N2O3/c1-7(13)8-11-9(12-15-8)10(2)5-3-4-6-14-10/h3-6H2,1-2H3. The zero-order chi connectivity index (χ0) is 10.9. The summed E-state index contributed by atoms with van der Waals surface area (Å²) in [5.41, 5.74) is -0.491. The van der Waals surface area contributed by atoms with Crippen molar-refractivity contribution >= 4 is 5.78 Å². The van der Waals surface area contributed by atoms with Gasteiger partial charge in [0.2, 0.25) is 11.6 Å². The molecule has 1 saturated heterocycles. The van der Waals surface area contributed by atoms with E-state index in [0.29, 0.717) is 12.4 Å². The van der Waals surface area contributed by atoms with Gasteiger partial charge in [-0.1, -0.05) is 5.16 Å². The number of hydrogen-bond donors (Lipinski definition) is 0. The first-order valence-electron chi connectivity index (χ1n) is 5.11. The summed E-state index contributed by atoms with van der Waals surface area (Å²) in [5, 5.41) is 3.80. The molecule has 0 aliphatic carbocycles. The second-order valence-electron chi connectivity index (χ2n) is 4.02. The fourth-order valence-corrected chi connectivity index (χ4v) is 1.69. The third kappa shape index (κ3) is 1.92. The monoisotopic (exact) mass is 210 g/mol. The summed E-state index contributed by atoms with van der Waals surface area (Å²) in [5.74, 6) is 0.320. The third-order valence-corrected chi connectivity index (χ3v) is 2.67. The van der Waals surface area contributed by atoms with E-state index >= 15 is 0 Å². The molecule has 0 radical (unpaired) electrons. The van der Waals surface area contributed by atoms with Crippen molar-refractivity contribution in [2.75, 3.05) is 6.61 Å². The summed E-state index contributed by atoms with van der Waals surface area (Å²) in [6.45, 7) is 4.04. The molecule has 0 spiro atoms. The van der Waals surface area contributed by atoms with Gasteiger partial charge >= 0.3 is 0 Å². The van der Waals surface area contributed by atoms with Crippen LogP contribution in [0.2, 0.25) is 0 Å². The van der Waals surface area contributed by atoms with Gasteiger partial charge in [0.25, 0.3) is 5.89 Å². The highest BCUT2D eigenvalue weighted by Gasteiger charge is 2.35. The fourth-order valence-electron chi connectivity index (χ4n) is 1.69. The number of ketones is 1. The smallest absolute Gasteiger partial charge is 0.293 e. The molecule has 1 aromatic rings. The first kappa shape index (κ1) is 10.3. The molecule has 0 aromatic carbocycles. The average molecular weight is 210 g/mol. The minimum Gasteiger partial charge on any atom is -0.367 e. The Bertz CT molecular complexity index is 366. The molecule has 1 fully saturated rings. The lowest BCUT2D eigenvalue weighted by atomic mass is 9.95. The number of hydrogen-bond acceptors (Lipinski definition) is 5. The van der Waals surface area contributed by atoms with Crippen LogP contribution in [0, 0.1) is 0 Å². The van der Waals surface area contributed by atoms with Crippen molar-refractivity contribution in [3.8, 4) is 0 Å². The van der Waals surface area contributed by atoms with Crippen LogP contribution in [0.4, 0.5) is 0 Å². The summed E-state index contributed by atoms with van der Waals surface area (Å²) in [6.07, 6.45) is 3.01. The lowest BCUT2D eigenvalue weighted by Crippen LogP contribution is -2.31. The molecule has 1 aromatic heterocycles. The van der Waals surface area contributed by atoms with Crippen LogP contribution in [0.15, 0.2) is 4.52 Å². The van der Waals surface area contributed by atoms with Gasteiger partial charge < -0.3 is 9.26 Å². The van der Waals surface area contributed by atoms with Crippen LogP contribution >= 0.6 is 0 Å². The van der Waals surface area contributed by atoms with Crippen molar-refractivity contribution < 1.29 is 14.1 Å². The van der Waals surface area contributed by atoms with Crippen LogP contribution in [0.1, 0.15) is 49.6 Å². The van der Waals surface area contributed by atoms with E-state index in [9.17, 15) is 4.79 Å². The highest BCUT2D eigenvalue weighted by molar-refractivity contribution is 5.89. The van der Waals surface area contributed by atoms with Gasteiger partial charge in [0.1, 0.15) is 5.60 Å². The van der Waals surface area contributed by atoms with Crippen LogP contribution in [-0.2, 0) is 10.3 Å². The molecule has 1 aliphatic rings. The average Bonchev–Trinajstić information content (AvgIpc) is 2.68. The Morgan fingerprint density at radius 2 is 2.27 bits per heavy atom. The quantitative estimate of drug-likeness (QED) is 0.695. The fraction of sp³-hybridized carbons (Fsp3) is 0.700. The second kappa shape index (κ2) is 3.73. The Morgan fingerprint density at radius 3 is 2.80 bits per heavy atom. The molecule has 0 amide bonds. The number of aromatic nitrogens is 2. The lowest BCUT2D eigenvalue weighted by molar-refractivity contribution is -0.0770. The molecular formula is C10H14N2O3. The second-order valence-corrected chi connectivity index (χ2v) is 4.02. The maximum atomic E-state index is 11.0. The summed E-state index contributed by atoms with van der Waals surface area (Å²) < 4.78 is 10.5. The highest BCUT2D eigenvalue weighted by Crippen LogP contribution is 2.32. The SMILES string of the molecule is CC(=O)c1nc(C2(C)CCCCO2)no1. The van der Waals surface area contributed by atoms with Gasteiger partial charge in [-0.05, 0) is 26.2 Å². The number of nitrogens with zero attached hydrogens (tertiary/aromatic N) is 2. The normalized spacial score (nSPS) is 26.5. The van der Waals surface area contributed by atoms with Gasteiger partial charge in [-0.15, -0.1) is 0 Å².